The largest absolute Gasteiger partial charge is 0.376 e. The number of nitrogens with one attached hydrogen (secondary N) is 1. The molecule has 1 amide bonds. The molecule has 1 N–H and O–H groups in total. The van der Waals surface area contributed by atoms with Crippen LogP contribution in [0.25, 0.3) is 0 Å². The lowest BCUT2D eigenvalue weighted by Gasteiger charge is -2.16. The van der Waals surface area contributed by atoms with Gasteiger partial charge in [-0.2, -0.15) is 0 Å². The summed E-state index contributed by atoms with van der Waals surface area (Å²) in [5, 5.41) is 2.94. The topological polar surface area (TPSA) is 55.4 Å². The molecule has 4 heteroatoms. The molecule has 1 heterocycles. The summed E-state index contributed by atoms with van der Waals surface area (Å²) in [7, 11) is 0. The zero-order valence-corrected chi connectivity index (χ0v) is 11.6. The van der Waals surface area contributed by atoms with E-state index < -0.39 is 0 Å². The van der Waals surface area contributed by atoms with Crippen LogP contribution >= 0.6 is 0 Å². The molecule has 20 heavy (non-hydrogen) atoms. The van der Waals surface area contributed by atoms with Crippen LogP contribution in [-0.2, 0) is 9.53 Å². The van der Waals surface area contributed by atoms with Gasteiger partial charge in [-0.25, -0.2) is 0 Å². The molecule has 106 valence electrons. The normalized spacial score (nSPS) is 24.8. The molecule has 1 aliphatic carbocycles. The third kappa shape index (κ3) is 2.36. The lowest BCUT2D eigenvalue weighted by atomic mass is 9.96. The molecule has 0 spiro atoms. The molecule has 3 rings (SSSR count). The Hall–Kier alpha value is -1.68. The van der Waals surface area contributed by atoms with E-state index in [1.807, 2.05) is 25.1 Å². The number of amides is 1. The number of aryl methyl sites for hydroxylation is 1. The number of rotatable bonds is 3. The summed E-state index contributed by atoms with van der Waals surface area (Å²) in [4.78, 5) is 24.3. The van der Waals surface area contributed by atoms with Crippen molar-refractivity contribution >= 4 is 11.7 Å². The second-order valence-electron chi connectivity index (χ2n) is 5.60. The summed E-state index contributed by atoms with van der Waals surface area (Å²) in [5.41, 5.74) is 2.63. The number of ether oxygens (including phenoxy) is 1. The SMILES string of the molecule is Cc1cccc2c1C(C(=O)NCC1CCCO1)CC2=O. The molecule has 0 radical (unpaired) electrons. The van der Waals surface area contributed by atoms with E-state index in [-0.39, 0.29) is 30.1 Å². The van der Waals surface area contributed by atoms with Crippen LogP contribution in [0.1, 0.15) is 46.7 Å². The average Bonchev–Trinajstić information content (AvgIpc) is 3.05. The first-order chi connectivity index (χ1) is 9.66. The highest BCUT2D eigenvalue weighted by atomic mass is 16.5. The van der Waals surface area contributed by atoms with Crippen LogP contribution in [-0.4, -0.2) is 30.9 Å². The van der Waals surface area contributed by atoms with Gasteiger partial charge in [0, 0.05) is 25.1 Å². The van der Waals surface area contributed by atoms with Crippen LogP contribution in [0.15, 0.2) is 18.2 Å². The van der Waals surface area contributed by atoms with Gasteiger partial charge in [-0.15, -0.1) is 0 Å². The Kier molecular flexibility index (Phi) is 3.57. The zero-order chi connectivity index (χ0) is 14.1. The van der Waals surface area contributed by atoms with Gasteiger partial charge < -0.3 is 10.1 Å². The van der Waals surface area contributed by atoms with Gasteiger partial charge in [0.2, 0.25) is 5.91 Å². The van der Waals surface area contributed by atoms with Crippen LogP contribution in [0.4, 0.5) is 0 Å². The minimum Gasteiger partial charge on any atom is -0.376 e. The van der Waals surface area contributed by atoms with Crippen molar-refractivity contribution in [3.8, 4) is 0 Å². The average molecular weight is 273 g/mol. The van der Waals surface area contributed by atoms with Crippen molar-refractivity contribution in [1.29, 1.82) is 0 Å². The van der Waals surface area contributed by atoms with Gasteiger partial charge in [0.1, 0.15) is 0 Å². The summed E-state index contributed by atoms with van der Waals surface area (Å²) in [6.07, 6.45) is 2.48. The number of hydrogen-bond acceptors (Lipinski definition) is 3. The number of Topliss-reactive ketones (excluding diaryl/α,β-unsaturated/α-hetero) is 1. The number of carbonyl (C=O) groups excluding carboxylic acids is 2. The van der Waals surface area contributed by atoms with Crippen molar-refractivity contribution in [2.75, 3.05) is 13.2 Å². The highest BCUT2D eigenvalue weighted by Gasteiger charge is 2.35. The maximum absolute atomic E-state index is 12.3. The van der Waals surface area contributed by atoms with Crippen molar-refractivity contribution in [1.82, 2.24) is 5.32 Å². The highest BCUT2D eigenvalue weighted by molar-refractivity contribution is 6.07. The zero-order valence-electron chi connectivity index (χ0n) is 11.6. The first-order valence-corrected chi connectivity index (χ1v) is 7.19. The summed E-state index contributed by atoms with van der Waals surface area (Å²) in [6.45, 7) is 3.28. The molecule has 1 saturated heterocycles. The maximum Gasteiger partial charge on any atom is 0.228 e. The molecule has 2 unspecified atom stereocenters. The van der Waals surface area contributed by atoms with Crippen molar-refractivity contribution in [2.45, 2.75) is 38.2 Å². The Morgan fingerprint density at radius 1 is 1.45 bits per heavy atom. The molecule has 2 atom stereocenters. The molecule has 0 saturated carbocycles. The second-order valence-corrected chi connectivity index (χ2v) is 5.60. The first kappa shape index (κ1) is 13.3. The summed E-state index contributed by atoms with van der Waals surface area (Å²) in [5.74, 6) is -0.317. The molecule has 1 aliphatic heterocycles. The molecule has 1 aromatic carbocycles. The second kappa shape index (κ2) is 5.37. The van der Waals surface area contributed by atoms with E-state index in [1.54, 1.807) is 0 Å². The molecule has 1 fully saturated rings. The van der Waals surface area contributed by atoms with E-state index in [1.165, 1.54) is 0 Å². The third-order valence-corrected chi connectivity index (χ3v) is 4.21. The van der Waals surface area contributed by atoms with Crippen LogP contribution in [0.2, 0.25) is 0 Å². The minimum atomic E-state index is -0.333. The van der Waals surface area contributed by atoms with Gasteiger partial charge in [0.25, 0.3) is 0 Å². The van der Waals surface area contributed by atoms with E-state index in [0.29, 0.717) is 12.1 Å². The van der Waals surface area contributed by atoms with Gasteiger partial charge in [-0.05, 0) is 30.9 Å². The number of carbonyl (C=O) groups is 2. The van der Waals surface area contributed by atoms with Crippen LogP contribution in [0.3, 0.4) is 0 Å². The number of ketones is 1. The Labute approximate surface area is 118 Å². The van der Waals surface area contributed by atoms with E-state index in [2.05, 4.69) is 5.32 Å². The summed E-state index contributed by atoms with van der Waals surface area (Å²) < 4.78 is 5.50. The maximum atomic E-state index is 12.3. The molecule has 1 aromatic rings. The highest BCUT2D eigenvalue weighted by Crippen LogP contribution is 2.35. The Morgan fingerprint density at radius 2 is 2.30 bits per heavy atom. The molecular formula is C16H19NO3. The quantitative estimate of drug-likeness (QED) is 0.916. The van der Waals surface area contributed by atoms with Crippen LogP contribution in [0, 0.1) is 6.92 Å². The Balaban J connectivity index is 1.72. The van der Waals surface area contributed by atoms with Gasteiger partial charge in [0.05, 0.1) is 12.0 Å². The summed E-state index contributed by atoms with van der Waals surface area (Å²) in [6, 6.07) is 5.65. The van der Waals surface area contributed by atoms with Gasteiger partial charge in [-0.3, -0.25) is 9.59 Å². The van der Waals surface area contributed by atoms with Crippen molar-refractivity contribution in [3.63, 3.8) is 0 Å². The fraction of sp³-hybridized carbons (Fsp3) is 0.500. The predicted molar refractivity (Wildman–Crippen MR) is 74.9 cm³/mol. The number of benzene rings is 1. The van der Waals surface area contributed by atoms with E-state index >= 15 is 0 Å². The Morgan fingerprint density at radius 3 is 3.05 bits per heavy atom. The molecule has 0 aromatic heterocycles. The van der Waals surface area contributed by atoms with E-state index in [0.717, 1.165) is 30.6 Å². The monoisotopic (exact) mass is 273 g/mol. The standard InChI is InChI=1S/C16H19NO3/c1-10-4-2-6-12-14(18)8-13(15(10)12)16(19)17-9-11-5-3-7-20-11/h2,4,6,11,13H,3,5,7-9H2,1H3,(H,17,19). The number of fused-ring (bicyclic) bond motifs is 1. The smallest absolute Gasteiger partial charge is 0.228 e. The fourth-order valence-electron chi connectivity index (χ4n) is 3.15. The fourth-order valence-corrected chi connectivity index (χ4v) is 3.15. The van der Waals surface area contributed by atoms with Crippen LogP contribution < -0.4 is 5.32 Å². The lowest BCUT2D eigenvalue weighted by molar-refractivity contribution is -0.122. The van der Waals surface area contributed by atoms with Crippen molar-refractivity contribution < 1.29 is 14.3 Å². The number of hydrogen-bond donors (Lipinski definition) is 1. The lowest BCUT2D eigenvalue weighted by Crippen LogP contribution is -2.35. The minimum absolute atomic E-state index is 0.0538. The van der Waals surface area contributed by atoms with Gasteiger partial charge in [-0.1, -0.05) is 18.2 Å². The summed E-state index contributed by atoms with van der Waals surface area (Å²) >= 11 is 0. The third-order valence-electron chi connectivity index (χ3n) is 4.21. The van der Waals surface area contributed by atoms with Crippen molar-refractivity contribution in [3.05, 3.63) is 34.9 Å². The van der Waals surface area contributed by atoms with E-state index in [9.17, 15) is 9.59 Å². The first-order valence-electron chi connectivity index (χ1n) is 7.19. The van der Waals surface area contributed by atoms with Gasteiger partial charge >= 0.3 is 0 Å². The Bertz CT molecular complexity index is 547. The van der Waals surface area contributed by atoms with Crippen LogP contribution in [0.5, 0.6) is 0 Å². The molecule has 4 nitrogen and oxygen atoms in total. The van der Waals surface area contributed by atoms with E-state index in [4.69, 9.17) is 4.74 Å². The molecule has 0 bridgehead atoms. The molecular weight excluding hydrogens is 254 g/mol. The molecule has 2 aliphatic rings. The van der Waals surface area contributed by atoms with Crippen molar-refractivity contribution in [2.24, 2.45) is 0 Å². The predicted octanol–water partition coefficient (Wildman–Crippen LogP) is 1.96. The van der Waals surface area contributed by atoms with Gasteiger partial charge in [0.15, 0.2) is 5.78 Å².